The molecule has 1 aromatic heterocycles. The Labute approximate surface area is 105 Å². The molecule has 2 aromatic rings. The third kappa shape index (κ3) is 2.22. The molecule has 0 atom stereocenters. The van der Waals surface area contributed by atoms with Crippen LogP contribution in [0.15, 0.2) is 28.8 Å². The molecule has 0 aliphatic carbocycles. The number of benzene rings is 1. The lowest BCUT2D eigenvalue weighted by Gasteiger charge is -2.18. The Morgan fingerprint density at radius 2 is 2.06 bits per heavy atom. The van der Waals surface area contributed by atoms with Gasteiger partial charge in [-0.3, -0.25) is 0 Å². The minimum atomic E-state index is 0.345. The first-order valence-corrected chi connectivity index (χ1v) is 6.10. The van der Waals surface area contributed by atoms with Crippen LogP contribution in [0.4, 0.5) is 5.69 Å². The molecule has 0 unspecified atom stereocenters. The Morgan fingerprint density at radius 1 is 1.22 bits per heavy atom. The van der Waals surface area contributed by atoms with E-state index < -0.39 is 0 Å². The fourth-order valence-corrected chi connectivity index (χ4v) is 2.15. The van der Waals surface area contributed by atoms with Gasteiger partial charge >= 0.3 is 0 Å². The summed E-state index contributed by atoms with van der Waals surface area (Å²) in [5, 5.41) is 4.06. The zero-order valence-electron chi connectivity index (χ0n) is 10.0. The predicted octanol–water partition coefficient (Wildman–Crippen LogP) is 2.21. The highest BCUT2D eigenvalue weighted by Crippen LogP contribution is 2.27. The molecule has 5 heteroatoms. The van der Waals surface area contributed by atoms with Crippen molar-refractivity contribution in [2.45, 2.75) is 18.8 Å². The molecule has 3 rings (SSSR count). The number of ether oxygens (including phenoxy) is 1. The van der Waals surface area contributed by atoms with Gasteiger partial charge < -0.3 is 15.0 Å². The van der Waals surface area contributed by atoms with Gasteiger partial charge in [-0.15, -0.1) is 0 Å². The molecule has 0 spiro atoms. The van der Waals surface area contributed by atoms with Gasteiger partial charge in [0, 0.05) is 30.4 Å². The van der Waals surface area contributed by atoms with Gasteiger partial charge in [0.05, 0.1) is 0 Å². The van der Waals surface area contributed by atoms with Crippen molar-refractivity contribution in [3.8, 4) is 11.5 Å². The van der Waals surface area contributed by atoms with E-state index in [4.69, 9.17) is 15.0 Å². The van der Waals surface area contributed by atoms with E-state index in [2.05, 4.69) is 10.1 Å². The summed E-state index contributed by atoms with van der Waals surface area (Å²) >= 11 is 0. The van der Waals surface area contributed by atoms with Crippen LogP contribution in [0.25, 0.3) is 11.5 Å². The van der Waals surface area contributed by atoms with Crippen molar-refractivity contribution in [3.63, 3.8) is 0 Å². The van der Waals surface area contributed by atoms with Crippen LogP contribution in [-0.2, 0) is 4.74 Å². The van der Waals surface area contributed by atoms with Gasteiger partial charge in [0.2, 0.25) is 0 Å². The lowest BCUT2D eigenvalue weighted by atomic mass is 10.00. The van der Waals surface area contributed by atoms with Crippen LogP contribution in [0, 0.1) is 0 Å². The van der Waals surface area contributed by atoms with Crippen LogP contribution in [0.1, 0.15) is 24.6 Å². The Hall–Kier alpha value is -1.88. The number of hydrogen-bond acceptors (Lipinski definition) is 5. The molecule has 0 amide bonds. The Bertz CT molecular complexity index is 533. The molecule has 2 N–H and O–H groups in total. The average molecular weight is 245 g/mol. The van der Waals surface area contributed by atoms with E-state index in [1.807, 2.05) is 24.3 Å². The van der Waals surface area contributed by atoms with Crippen molar-refractivity contribution in [1.29, 1.82) is 0 Å². The highest BCUT2D eigenvalue weighted by molar-refractivity contribution is 5.59. The van der Waals surface area contributed by atoms with Crippen LogP contribution < -0.4 is 5.73 Å². The third-order valence-corrected chi connectivity index (χ3v) is 3.16. The number of nitrogens with two attached hydrogens (primary N) is 1. The maximum atomic E-state index is 5.74. The number of nitrogen functional groups attached to an aromatic ring is 1. The smallest absolute Gasteiger partial charge is 0.258 e. The molecular formula is C13H15N3O2. The fraction of sp³-hybridized carbons (Fsp3) is 0.385. The highest BCUT2D eigenvalue weighted by Gasteiger charge is 2.21. The predicted molar refractivity (Wildman–Crippen MR) is 66.9 cm³/mol. The van der Waals surface area contributed by atoms with E-state index in [-0.39, 0.29) is 0 Å². The first kappa shape index (κ1) is 11.2. The Balaban J connectivity index is 1.84. The van der Waals surface area contributed by atoms with Crippen molar-refractivity contribution in [2.75, 3.05) is 18.9 Å². The maximum Gasteiger partial charge on any atom is 0.258 e. The molecule has 2 heterocycles. The number of nitrogens with zero attached hydrogens (tertiary/aromatic N) is 2. The quantitative estimate of drug-likeness (QED) is 0.821. The second-order valence-corrected chi connectivity index (χ2v) is 4.47. The summed E-state index contributed by atoms with van der Waals surface area (Å²) in [6.07, 6.45) is 1.91. The molecule has 1 fully saturated rings. The lowest BCUT2D eigenvalue weighted by Crippen LogP contribution is -2.15. The minimum absolute atomic E-state index is 0.345. The van der Waals surface area contributed by atoms with Gasteiger partial charge in [0.15, 0.2) is 5.82 Å². The van der Waals surface area contributed by atoms with Crippen molar-refractivity contribution >= 4 is 5.69 Å². The van der Waals surface area contributed by atoms with Crippen LogP contribution in [0.2, 0.25) is 0 Å². The summed E-state index contributed by atoms with van der Waals surface area (Å²) < 4.78 is 10.6. The monoisotopic (exact) mass is 245 g/mol. The van der Waals surface area contributed by atoms with Gasteiger partial charge in [-0.1, -0.05) is 11.2 Å². The van der Waals surface area contributed by atoms with Gasteiger partial charge in [0.25, 0.3) is 5.89 Å². The fourth-order valence-electron chi connectivity index (χ4n) is 2.15. The summed E-state index contributed by atoms with van der Waals surface area (Å²) in [5.41, 5.74) is 7.29. The number of rotatable bonds is 2. The summed E-state index contributed by atoms with van der Waals surface area (Å²) in [7, 11) is 0. The molecule has 1 saturated heterocycles. The number of anilines is 1. The summed E-state index contributed by atoms with van der Waals surface area (Å²) in [4.78, 5) is 4.46. The second kappa shape index (κ2) is 4.78. The Morgan fingerprint density at radius 3 is 2.83 bits per heavy atom. The molecule has 0 bridgehead atoms. The molecule has 0 saturated carbocycles. The van der Waals surface area contributed by atoms with E-state index in [1.54, 1.807) is 0 Å². The summed E-state index contributed by atoms with van der Waals surface area (Å²) in [6.45, 7) is 1.54. The lowest BCUT2D eigenvalue weighted by molar-refractivity contribution is 0.0830. The largest absolute Gasteiger partial charge is 0.399 e. The van der Waals surface area contributed by atoms with Crippen LogP contribution >= 0.6 is 0 Å². The maximum absolute atomic E-state index is 5.74. The topological polar surface area (TPSA) is 74.2 Å². The van der Waals surface area contributed by atoms with E-state index in [1.165, 1.54) is 0 Å². The molecule has 5 nitrogen and oxygen atoms in total. The van der Waals surface area contributed by atoms with Gasteiger partial charge in [0.1, 0.15) is 0 Å². The standard InChI is InChI=1S/C13H15N3O2/c14-11-3-1-2-10(8-11)13-15-12(16-18-13)9-4-6-17-7-5-9/h1-3,8-9H,4-7,14H2. The normalized spacial score (nSPS) is 16.9. The van der Waals surface area contributed by atoms with Crippen molar-refractivity contribution in [2.24, 2.45) is 0 Å². The van der Waals surface area contributed by atoms with Crippen molar-refractivity contribution in [3.05, 3.63) is 30.1 Å². The van der Waals surface area contributed by atoms with Crippen molar-refractivity contribution < 1.29 is 9.26 Å². The second-order valence-electron chi connectivity index (χ2n) is 4.47. The van der Waals surface area contributed by atoms with Crippen LogP contribution in [0.3, 0.4) is 0 Å². The van der Waals surface area contributed by atoms with Gasteiger partial charge in [-0.05, 0) is 31.0 Å². The average Bonchev–Trinajstić information content (AvgIpc) is 2.89. The molecule has 1 aliphatic rings. The van der Waals surface area contributed by atoms with Crippen LogP contribution in [0.5, 0.6) is 0 Å². The zero-order chi connectivity index (χ0) is 12.4. The van der Waals surface area contributed by atoms with E-state index in [0.717, 1.165) is 37.4 Å². The summed E-state index contributed by atoms with van der Waals surface area (Å²) in [5.74, 6) is 1.65. The van der Waals surface area contributed by atoms with Crippen molar-refractivity contribution in [1.82, 2.24) is 10.1 Å². The third-order valence-electron chi connectivity index (χ3n) is 3.16. The number of hydrogen-bond donors (Lipinski definition) is 1. The first-order valence-electron chi connectivity index (χ1n) is 6.10. The van der Waals surface area contributed by atoms with Gasteiger partial charge in [-0.2, -0.15) is 4.98 Å². The molecule has 1 aliphatic heterocycles. The van der Waals surface area contributed by atoms with E-state index in [9.17, 15) is 0 Å². The molecule has 0 radical (unpaired) electrons. The molecule has 1 aromatic carbocycles. The zero-order valence-corrected chi connectivity index (χ0v) is 10.0. The summed E-state index contributed by atoms with van der Waals surface area (Å²) in [6, 6.07) is 7.46. The molecular weight excluding hydrogens is 230 g/mol. The van der Waals surface area contributed by atoms with Crippen LogP contribution in [-0.4, -0.2) is 23.4 Å². The number of aromatic nitrogens is 2. The van der Waals surface area contributed by atoms with E-state index >= 15 is 0 Å². The highest BCUT2D eigenvalue weighted by atomic mass is 16.5. The van der Waals surface area contributed by atoms with Gasteiger partial charge in [-0.25, -0.2) is 0 Å². The van der Waals surface area contributed by atoms with E-state index in [0.29, 0.717) is 17.5 Å². The molecule has 94 valence electrons. The Kier molecular flexibility index (Phi) is 2.98. The SMILES string of the molecule is Nc1cccc(-c2nc(C3CCOCC3)no2)c1. The molecule has 18 heavy (non-hydrogen) atoms. The minimum Gasteiger partial charge on any atom is -0.399 e. The first-order chi connectivity index (χ1) is 8.83.